The number of anilines is 1. The molecule has 3 aromatic rings. The van der Waals surface area contributed by atoms with Gasteiger partial charge in [-0.1, -0.05) is 79.9 Å². The van der Waals surface area contributed by atoms with E-state index in [2.05, 4.69) is 64.5 Å². The number of nitrogens with one attached hydrogen (secondary N) is 1. The molecule has 1 aliphatic rings. The van der Waals surface area contributed by atoms with Gasteiger partial charge in [-0.2, -0.15) is 0 Å². The van der Waals surface area contributed by atoms with Crippen molar-refractivity contribution in [2.45, 2.75) is 44.7 Å². The molecule has 1 aromatic heterocycles. The second kappa shape index (κ2) is 7.56. The van der Waals surface area contributed by atoms with Crippen LogP contribution in [-0.4, -0.2) is 16.0 Å². The molecule has 25 heavy (non-hydrogen) atoms. The largest absolute Gasteiger partial charge is 0.335 e. The molecule has 1 saturated carbocycles. The predicted molar refractivity (Wildman–Crippen MR) is 104 cm³/mol. The zero-order chi connectivity index (χ0) is 16.9. The van der Waals surface area contributed by atoms with Gasteiger partial charge in [0.1, 0.15) is 0 Å². The fourth-order valence-corrected chi connectivity index (χ4v) is 3.77. The molecule has 0 radical (unpaired) electrons. The van der Waals surface area contributed by atoms with Gasteiger partial charge in [-0.25, -0.2) is 4.98 Å². The molecule has 1 N–H and O–H groups in total. The third-order valence-corrected chi connectivity index (χ3v) is 5.12. The minimum absolute atomic E-state index is 0.573. The Morgan fingerprint density at radius 1 is 0.880 bits per heavy atom. The van der Waals surface area contributed by atoms with E-state index in [0.717, 1.165) is 23.8 Å². The van der Waals surface area contributed by atoms with Crippen molar-refractivity contribution in [1.29, 1.82) is 0 Å². The molecule has 3 nitrogen and oxygen atoms in total. The first-order valence-electron chi connectivity index (χ1n) is 9.31. The SMILES string of the molecule is c1ccc(CN(c2nc(-c3ccccc3)c[nH]2)C2CCCCC2)cc1. The van der Waals surface area contributed by atoms with Crippen molar-refractivity contribution in [3.8, 4) is 11.3 Å². The van der Waals surface area contributed by atoms with Crippen LogP contribution in [-0.2, 0) is 6.54 Å². The Hall–Kier alpha value is -2.55. The molecule has 0 bridgehead atoms. The summed E-state index contributed by atoms with van der Waals surface area (Å²) in [7, 11) is 0. The van der Waals surface area contributed by atoms with Crippen LogP contribution in [0.3, 0.4) is 0 Å². The van der Waals surface area contributed by atoms with Crippen LogP contribution in [0.1, 0.15) is 37.7 Å². The van der Waals surface area contributed by atoms with Crippen molar-refractivity contribution in [2.75, 3.05) is 4.90 Å². The Labute approximate surface area is 149 Å². The van der Waals surface area contributed by atoms with Crippen LogP contribution in [0.2, 0.25) is 0 Å². The highest BCUT2D eigenvalue weighted by molar-refractivity contribution is 5.60. The number of imidazole rings is 1. The van der Waals surface area contributed by atoms with Crippen LogP contribution in [0, 0.1) is 0 Å². The van der Waals surface area contributed by atoms with Crippen molar-refractivity contribution in [2.24, 2.45) is 0 Å². The Kier molecular flexibility index (Phi) is 4.82. The van der Waals surface area contributed by atoms with Gasteiger partial charge in [-0.15, -0.1) is 0 Å². The summed E-state index contributed by atoms with van der Waals surface area (Å²) >= 11 is 0. The summed E-state index contributed by atoms with van der Waals surface area (Å²) in [6.07, 6.45) is 8.56. The monoisotopic (exact) mass is 331 g/mol. The Morgan fingerprint density at radius 2 is 1.56 bits per heavy atom. The third kappa shape index (κ3) is 3.76. The van der Waals surface area contributed by atoms with Gasteiger partial charge < -0.3 is 9.88 Å². The Bertz CT molecular complexity index is 773. The van der Waals surface area contributed by atoms with E-state index in [0.29, 0.717) is 6.04 Å². The van der Waals surface area contributed by atoms with Gasteiger partial charge in [-0.05, 0) is 18.4 Å². The van der Waals surface area contributed by atoms with Crippen LogP contribution in [0.5, 0.6) is 0 Å². The van der Waals surface area contributed by atoms with Gasteiger partial charge in [-0.3, -0.25) is 0 Å². The molecule has 0 spiro atoms. The van der Waals surface area contributed by atoms with E-state index in [1.165, 1.54) is 37.7 Å². The number of hydrogen-bond donors (Lipinski definition) is 1. The topological polar surface area (TPSA) is 31.9 Å². The molecule has 0 atom stereocenters. The van der Waals surface area contributed by atoms with E-state index in [1.54, 1.807) is 0 Å². The summed E-state index contributed by atoms with van der Waals surface area (Å²) in [6, 6.07) is 21.7. The maximum Gasteiger partial charge on any atom is 0.203 e. The van der Waals surface area contributed by atoms with E-state index in [9.17, 15) is 0 Å². The lowest BCUT2D eigenvalue weighted by molar-refractivity contribution is 0.409. The number of rotatable bonds is 5. The van der Waals surface area contributed by atoms with Crippen molar-refractivity contribution in [1.82, 2.24) is 9.97 Å². The van der Waals surface area contributed by atoms with Gasteiger partial charge in [0, 0.05) is 24.3 Å². The average molecular weight is 331 g/mol. The molecular formula is C22H25N3. The Balaban J connectivity index is 1.62. The molecule has 1 heterocycles. The summed E-state index contributed by atoms with van der Waals surface area (Å²) < 4.78 is 0. The maximum absolute atomic E-state index is 4.92. The Morgan fingerprint density at radius 3 is 2.28 bits per heavy atom. The zero-order valence-corrected chi connectivity index (χ0v) is 14.6. The quantitative estimate of drug-likeness (QED) is 0.677. The van der Waals surface area contributed by atoms with Crippen molar-refractivity contribution >= 4 is 5.95 Å². The molecular weight excluding hydrogens is 306 g/mol. The lowest BCUT2D eigenvalue weighted by atomic mass is 9.94. The summed E-state index contributed by atoms with van der Waals surface area (Å²) in [5, 5.41) is 0. The minimum Gasteiger partial charge on any atom is -0.335 e. The van der Waals surface area contributed by atoms with E-state index in [1.807, 2.05) is 12.3 Å². The third-order valence-electron chi connectivity index (χ3n) is 5.12. The molecule has 1 fully saturated rings. The van der Waals surface area contributed by atoms with E-state index in [4.69, 9.17) is 4.98 Å². The number of aromatic amines is 1. The first-order chi connectivity index (χ1) is 12.4. The van der Waals surface area contributed by atoms with Crippen molar-refractivity contribution in [3.63, 3.8) is 0 Å². The first kappa shape index (κ1) is 15.9. The fraction of sp³-hybridized carbons (Fsp3) is 0.318. The number of aromatic nitrogens is 2. The molecule has 0 saturated heterocycles. The second-order valence-electron chi connectivity index (χ2n) is 6.88. The number of nitrogens with zero attached hydrogens (tertiary/aromatic N) is 2. The molecule has 1 aliphatic carbocycles. The van der Waals surface area contributed by atoms with Crippen LogP contribution in [0.15, 0.2) is 66.9 Å². The summed E-state index contributed by atoms with van der Waals surface area (Å²) in [5.41, 5.74) is 3.52. The average Bonchev–Trinajstić information content (AvgIpc) is 3.18. The smallest absolute Gasteiger partial charge is 0.203 e. The lowest BCUT2D eigenvalue weighted by Crippen LogP contribution is -2.37. The van der Waals surface area contributed by atoms with Gasteiger partial charge >= 0.3 is 0 Å². The second-order valence-corrected chi connectivity index (χ2v) is 6.88. The summed E-state index contributed by atoms with van der Waals surface area (Å²) in [4.78, 5) is 10.8. The van der Waals surface area contributed by atoms with E-state index < -0.39 is 0 Å². The van der Waals surface area contributed by atoms with Crippen molar-refractivity contribution in [3.05, 3.63) is 72.4 Å². The van der Waals surface area contributed by atoms with Gasteiger partial charge in [0.2, 0.25) is 5.95 Å². The molecule has 0 amide bonds. The zero-order valence-electron chi connectivity index (χ0n) is 14.6. The highest BCUT2D eigenvalue weighted by Crippen LogP contribution is 2.29. The van der Waals surface area contributed by atoms with Crippen LogP contribution in [0.4, 0.5) is 5.95 Å². The minimum atomic E-state index is 0.573. The number of benzene rings is 2. The van der Waals surface area contributed by atoms with Crippen LogP contribution >= 0.6 is 0 Å². The van der Waals surface area contributed by atoms with E-state index >= 15 is 0 Å². The van der Waals surface area contributed by atoms with Crippen molar-refractivity contribution < 1.29 is 0 Å². The normalized spacial score (nSPS) is 15.2. The highest BCUT2D eigenvalue weighted by atomic mass is 15.3. The molecule has 4 rings (SSSR count). The first-order valence-corrected chi connectivity index (χ1v) is 9.31. The van der Waals surface area contributed by atoms with Gasteiger partial charge in [0.15, 0.2) is 0 Å². The van der Waals surface area contributed by atoms with Gasteiger partial charge in [0.05, 0.1) is 5.69 Å². The number of hydrogen-bond acceptors (Lipinski definition) is 2. The predicted octanol–water partition coefficient (Wildman–Crippen LogP) is 5.42. The molecule has 0 unspecified atom stereocenters. The molecule has 2 aromatic carbocycles. The number of H-pyrrole nitrogens is 1. The summed E-state index contributed by atoms with van der Waals surface area (Å²) in [5.74, 6) is 0.995. The lowest BCUT2D eigenvalue weighted by Gasteiger charge is -2.34. The van der Waals surface area contributed by atoms with Crippen LogP contribution < -0.4 is 4.90 Å². The van der Waals surface area contributed by atoms with Gasteiger partial charge in [0.25, 0.3) is 0 Å². The van der Waals surface area contributed by atoms with E-state index in [-0.39, 0.29) is 0 Å². The fourth-order valence-electron chi connectivity index (χ4n) is 3.77. The summed E-state index contributed by atoms with van der Waals surface area (Å²) in [6.45, 7) is 0.910. The standard InChI is InChI=1S/C22H25N3/c1-4-10-18(11-5-1)17-25(20-14-8-3-9-15-20)22-23-16-21(24-22)19-12-6-2-7-13-19/h1-2,4-7,10-13,16,20H,3,8-9,14-15,17H2,(H,23,24). The molecule has 3 heteroatoms. The molecule has 0 aliphatic heterocycles. The maximum atomic E-state index is 4.92. The van der Waals surface area contributed by atoms with Crippen LogP contribution in [0.25, 0.3) is 11.3 Å². The highest BCUT2D eigenvalue weighted by Gasteiger charge is 2.24. The molecule has 128 valence electrons.